The Morgan fingerprint density at radius 3 is 2.63 bits per heavy atom. The first kappa shape index (κ1) is 19.8. The molecule has 1 saturated heterocycles. The van der Waals surface area contributed by atoms with E-state index in [1.54, 1.807) is 6.07 Å². The molecule has 0 aromatic heterocycles. The van der Waals surface area contributed by atoms with E-state index >= 15 is 0 Å². The molecule has 2 amide bonds. The number of amides is 2. The van der Waals surface area contributed by atoms with Crippen molar-refractivity contribution in [3.8, 4) is 6.07 Å². The van der Waals surface area contributed by atoms with Crippen molar-refractivity contribution in [3.63, 3.8) is 0 Å². The summed E-state index contributed by atoms with van der Waals surface area (Å²) in [6.07, 6.45) is 1.48. The number of rotatable bonds is 4. The molecule has 0 saturated carbocycles. The molecule has 0 bridgehead atoms. The van der Waals surface area contributed by atoms with Crippen molar-refractivity contribution in [2.24, 2.45) is 0 Å². The minimum Gasteiger partial charge on any atom is -0.415 e. The van der Waals surface area contributed by atoms with Crippen molar-refractivity contribution >= 4 is 20.1 Å². The minimum atomic E-state index is -1.92. The van der Waals surface area contributed by atoms with Gasteiger partial charge in [-0.1, -0.05) is 32.9 Å². The lowest BCUT2D eigenvalue weighted by Gasteiger charge is -2.36. The number of nitrogens with zero attached hydrogens (tertiary/aromatic N) is 2. The summed E-state index contributed by atoms with van der Waals surface area (Å²) in [5.74, 6) is -0.255. The van der Waals surface area contributed by atoms with Gasteiger partial charge in [-0.2, -0.15) is 5.26 Å². The van der Waals surface area contributed by atoms with Crippen LogP contribution in [0.5, 0.6) is 0 Å². The average molecular weight is 385 g/mol. The Bertz CT molecular complexity index is 835. The highest BCUT2D eigenvalue weighted by Gasteiger charge is 2.55. The third kappa shape index (κ3) is 3.13. The number of likely N-dealkylation sites (tertiary alicyclic amines) is 1. The van der Waals surface area contributed by atoms with Crippen LogP contribution in [0.25, 0.3) is 0 Å². The first-order chi connectivity index (χ1) is 12.5. The van der Waals surface area contributed by atoms with E-state index in [1.165, 1.54) is 4.90 Å². The van der Waals surface area contributed by atoms with Crippen LogP contribution in [0.1, 0.15) is 50.3 Å². The Morgan fingerprint density at radius 1 is 1.30 bits per heavy atom. The summed E-state index contributed by atoms with van der Waals surface area (Å²) in [7, 11) is -1.92. The predicted molar refractivity (Wildman–Crippen MR) is 106 cm³/mol. The average Bonchev–Trinajstić information content (AvgIpc) is 3.07. The molecule has 1 aromatic rings. The van der Waals surface area contributed by atoms with Crippen LogP contribution >= 0.6 is 0 Å². The molecule has 1 unspecified atom stereocenters. The summed E-state index contributed by atoms with van der Waals surface area (Å²) in [6.45, 7) is 11.5. The van der Waals surface area contributed by atoms with Crippen molar-refractivity contribution in [1.29, 1.82) is 5.26 Å². The van der Waals surface area contributed by atoms with Crippen LogP contribution in [-0.4, -0.2) is 38.2 Å². The van der Waals surface area contributed by atoms with Gasteiger partial charge in [-0.05, 0) is 48.2 Å². The van der Waals surface area contributed by atoms with Gasteiger partial charge in [0.15, 0.2) is 8.32 Å². The van der Waals surface area contributed by atoms with Gasteiger partial charge >= 0.3 is 0 Å². The summed E-state index contributed by atoms with van der Waals surface area (Å²) in [5.41, 5.74) is 1.63. The number of fused-ring (bicyclic) bond motifs is 2. The number of carbonyl (C=O) groups excluding carboxylic acids is 2. The molecule has 5 nitrogen and oxygen atoms in total. The Balaban J connectivity index is 1.78. The van der Waals surface area contributed by atoms with Gasteiger partial charge in [0.25, 0.3) is 0 Å². The summed E-state index contributed by atoms with van der Waals surface area (Å²) < 4.78 is 6.16. The van der Waals surface area contributed by atoms with E-state index < -0.39 is 13.7 Å². The number of imide groups is 1. The molecule has 1 aliphatic carbocycles. The molecule has 1 aromatic carbocycles. The van der Waals surface area contributed by atoms with E-state index in [0.29, 0.717) is 31.6 Å². The summed E-state index contributed by atoms with van der Waals surface area (Å²) in [6, 6.07) is 7.71. The van der Waals surface area contributed by atoms with Crippen LogP contribution in [-0.2, 0) is 25.9 Å². The second-order valence-electron chi connectivity index (χ2n) is 9.16. The third-order valence-electron chi connectivity index (χ3n) is 6.61. The van der Waals surface area contributed by atoms with Crippen LogP contribution in [0, 0.1) is 11.3 Å². The van der Waals surface area contributed by atoms with Gasteiger partial charge in [-0.25, -0.2) is 0 Å². The van der Waals surface area contributed by atoms with Crippen LogP contribution in [0.15, 0.2) is 18.2 Å². The molecule has 0 radical (unpaired) electrons. The molecule has 144 valence electrons. The maximum atomic E-state index is 13.2. The van der Waals surface area contributed by atoms with E-state index in [4.69, 9.17) is 4.43 Å². The Morgan fingerprint density at radius 2 is 2.00 bits per heavy atom. The first-order valence-electron chi connectivity index (χ1n) is 9.55. The first-order valence-corrected chi connectivity index (χ1v) is 12.5. The molecule has 6 heteroatoms. The van der Waals surface area contributed by atoms with Crippen molar-refractivity contribution in [2.45, 2.75) is 63.6 Å². The van der Waals surface area contributed by atoms with E-state index in [-0.39, 0.29) is 23.3 Å². The normalized spacial score (nSPS) is 22.4. The molecule has 1 aliphatic heterocycles. The highest BCUT2D eigenvalue weighted by atomic mass is 28.4. The number of carbonyl (C=O) groups is 2. The molecular weight excluding hydrogens is 356 g/mol. The van der Waals surface area contributed by atoms with Crippen LogP contribution < -0.4 is 0 Å². The molecule has 1 heterocycles. The fourth-order valence-corrected chi connectivity index (χ4v) is 4.96. The SMILES string of the molecule is CC(C)(C)[Si](C)(C)OCCN1C(=O)CC2(CCc3c(C#N)cccc32)C1=O. The highest BCUT2D eigenvalue weighted by molar-refractivity contribution is 6.74. The fraction of sp³-hybridized carbons (Fsp3) is 0.571. The molecule has 1 spiro atoms. The van der Waals surface area contributed by atoms with Crippen molar-refractivity contribution in [2.75, 3.05) is 13.2 Å². The van der Waals surface area contributed by atoms with Gasteiger partial charge in [0.1, 0.15) is 0 Å². The standard InChI is InChI=1S/C21H28N2O3Si/c1-20(2,3)27(4,5)26-12-11-23-18(24)13-21(19(23)25)10-9-16-15(14-22)7-6-8-17(16)21/h6-8H,9-13H2,1-5H3. The monoisotopic (exact) mass is 384 g/mol. The van der Waals surface area contributed by atoms with Crippen LogP contribution in [0.2, 0.25) is 18.1 Å². The number of hydrogen-bond acceptors (Lipinski definition) is 4. The lowest BCUT2D eigenvalue weighted by atomic mass is 9.80. The maximum Gasteiger partial charge on any atom is 0.240 e. The molecule has 1 atom stereocenters. The Hall–Kier alpha value is -1.97. The van der Waals surface area contributed by atoms with Crippen molar-refractivity contribution < 1.29 is 14.0 Å². The van der Waals surface area contributed by atoms with Gasteiger partial charge in [0.05, 0.1) is 30.2 Å². The van der Waals surface area contributed by atoms with Crippen LogP contribution in [0.3, 0.4) is 0 Å². The quantitative estimate of drug-likeness (QED) is 0.588. The van der Waals surface area contributed by atoms with Gasteiger partial charge in [-0.3, -0.25) is 14.5 Å². The van der Waals surface area contributed by atoms with E-state index in [2.05, 4.69) is 39.9 Å². The molecule has 1 fully saturated rings. The Labute approximate surface area is 162 Å². The van der Waals surface area contributed by atoms with Crippen LogP contribution in [0.4, 0.5) is 0 Å². The zero-order valence-corrected chi connectivity index (χ0v) is 17.9. The van der Waals surface area contributed by atoms with E-state index in [9.17, 15) is 14.9 Å². The highest BCUT2D eigenvalue weighted by Crippen LogP contribution is 2.47. The zero-order chi connectivity index (χ0) is 20.0. The third-order valence-corrected chi connectivity index (χ3v) is 11.1. The largest absolute Gasteiger partial charge is 0.415 e. The molecule has 3 rings (SSSR count). The molecular formula is C21H28N2O3Si. The number of hydrogen-bond donors (Lipinski definition) is 0. The predicted octanol–water partition coefficient (Wildman–Crippen LogP) is 3.52. The topological polar surface area (TPSA) is 70.4 Å². The molecule has 0 N–H and O–H groups in total. The van der Waals surface area contributed by atoms with Gasteiger partial charge in [0.2, 0.25) is 11.8 Å². The van der Waals surface area contributed by atoms with E-state index in [1.807, 2.05) is 12.1 Å². The maximum absolute atomic E-state index is 13.2. The zero-order valence-electron chi connectivity index (χ0n) is 16.9. The smallest absolute Gasteiger partial charge is 0.240 e. The molecule has 27 heavy (non-hydrogen) atoms. The summed E-state index contributed by atoms with van der Waals surface area (Å²) in [5, 5.41) is 9.42. The van der Waals surface area contributed by atoms with Crippen molar-refractivity contribution in [3.05, 3.63) is 34.9 Å². The lowest BCUT2D eigenvalue weighted by molar-refractivity contribution is -0.140. The summed E-state index contributed by atoms with van der Waals surface area (Å²) >= 11 is 0. The van der Waals surface area contributed by atoms with Gasteiger partial charge in [0, 0.05) is 6.42 Å². The number of nitriles is 1. The second kappa shape index (κ2) is 6.57. The Kier molecular flexibility index (Phi) is 4.81. The van der Waals surface area contributed by atoms with Gasteiger partial charge < -0.3 is 4.43 Å². The fourth-order valence-electron chi connectivity index (χ4n) is 3.92. The van der Waals surface area contributed by atoms with Gasteiger partial charge in [-0.15, -0.1) is 0 Å². The lowest BCUT2D eigenvalue weighted by Crippen LogP contribution is -2.44. The van der Waals surface area contributed by atoms with Crippen molar-refractivity contribution in [1.82, 2.24) is 4.90 Å². The second-order valence-corrected chi connectivity index (χ2v) is 14.0. The number of benzene rings is 1. The minimum absolute atomic E-state index is 0.0886. The summed E-state index contributed by atoms with van der Waals surface area (Å²) in [4.78, 5) is 27.3. The van der Waals surface area contributed by atoms with E-state index in [0.717, 1.165) is 11.1 Å². The molecule has 2 aliphatic rings.